The van der Waals surface area contributed by atoms with E-state index in [0.717, 1.165) is 12.8 Å². The highest BCUT2D eigenvalue weighted by Crippen LogP contribution is 2.39. The maximum Gasteiger partial charge on any atom is 0.230 e. The lowest BCUT2D eigenvalue weighted by Gasteiger charge is -2.45. The van der Waals surface area contributed by atoms with Crippen LogP contribution in [0.25, 0.3) is 0 Å². The van der Waals surface area contributed by atoms with Crippen LogP contribution in [0.15, 0.2) is 0 Å². The van der Waals surface area contributed by atoms with Crippen molar-refractivity contribution in [1.29, 1.82) is 0 Å². The first-order valence-corrected chi connectivity index (χ1v) is 7.64. The Balaban J connectivity index is 1.95. The third kappa shape index (κ3) is 2.72. The quantitative estimate of drug-likeness (QED) is 0.786. The largest absolute Gasteiger partial charge is 0.352 e. The minimum Gasteiger partial charge on any atom is -0.352 e. The second-order valence-electron chi connectivity index (χ2n) is 5.21. The molecule has 92 valence electrons. The lowest BCUT2D eigenvalue weighted by atomic mass is 9.67. The molecule has 2 atom stereocenters. The van der Waals surface area contributed by atoms with Crippen LogP contribution in [0.5, 0.6) is 0 Å². The molecule has 0 saturated heterocycles. The lowest BCUT2D eigenvalue weighted by molar-refractivity contribution is -0.120. The van der Waals surface area contributed by atoms with E-state index in [1.807, 2.05) is 6.26 Å². The van der Waals surface area contributed by atoms with Crippen LogP contribution in [0.1, 0.15) is 32.1 Å². The topological polar surface area (TPSA) is 55.1 Å². The van der Waals surface area contributed by atoms with Gasteiger partial charge in [-0.3, -0.25) is 4.79 Å². The van der Waals surface area contributed by atoms with Crippen molar-refractivity contribution < 1.29 is 4.79 Å². The monoisotopic (exact) mass is 242 g/mol. The van der Waals surface area contributed by atoms with Crippen LogP contribution in [0.2, 0.25) is 0 Å². The van der Waals surface area contributed by atoms with Gasteiger partial charge < -0.3 is 11.1 Å². The number of fused-ring (bicyclic) bond motifs is 2. The molecular formula is C12H22N2OS. The molecule has 2 saturated carbocycles. The Hall–Kier alpha value is -0.220. The van der Waals surface area contributed by atoms with Crippen molar-refractivity contribution in [3.63, 3.8) is 0 Å². The van der Waals surface area contributed by atoms with Gasteiger partial charge in [0.05, 0.1) is 5.75 Å². The van der Waals surface area contributed by atoms with Crippen molar-refractivity contribution in [2.45, 2.75) is 44.2 Å². The fraction of sp³-hybridized carbons (Fsp3) is 0.917. The summed E-state index contributed by atoms with van der Waals surface area (Å²) in [5.41, 5.74) is 6.06. The molecule has 2 bridgehead atoms. The van der Waals surface area contributed by atoms with Gasteiger partial charge in [-0.15, -0.1) is 0 Å². The Morgan fingerprint density at radius 3 is 2.56 bits per heavy atom. The molecule has 0 aliphatic heterocycles. The summed E-state index contributed by atoms with van der Waals surface area (Å²) in [5.74, 6) is 2.05. The van der Waals surface area contributed by atoms with Gasteiger partial charge in [0.2, 0.25) is 5.91 Å². The molecule has 2 rings (SSSR count). The number of hydrogen-bond donors (Lipinski definition) is 2. The van der Waals surface area contributed by atoms with Gasteiger partial charge in [0, 0.05) is 12.1 Å². The molecule has 0 aromatic rings. The predicted octanol–water partition coefficient (Wildman–Crippen LogP) is 1.37. The van der Waals surface area contributed by atoms with Gasteiger partial charge in [-0.1, -0.05) is 6.42 Å². The van der Waals surface area contributed by atoms with Crippen LogP contribution in [0.3, 0.4) is 0 Å². The van der Waals surface area contributed by atoms with Crippen LogP contribution in [0.4, 0.5) is 0 Å². The van der Waals surface area contributed by atoms with E-state index < -0.39 is 0 Å². The number of carbonyl (C=O) groups is 1. The fourth-order valence-corrected chi connectivity index (χ4v) is 3.73. The Labute approximate surface area is 102 Å². The van der Waals surface area contributed by atoms with E-state index in [0.29, 0.717) is 29.7 Å². The number of carbonyl (C=O) groups excluding carboxylic acids is 1. The number of rotatable bonds is 3. The average Bonchev–Trinajstić information content (AvgIpc) is 2.19. The Bertz CT molecular complexity index is 245. The highest BCUT2D eigenvalue weighted by molar-refractivity contribution is 7.99. The number of thioether (sulfide) groups is 1. The van der Waals surface area contributed by atoms with Gasteiger partial charge in [-0.05, 0) is 43.8 Å². The summed E-state index contributed by atoms with van der Waals surface area (Å²) in [7, 11) is 0. The molecule has 0 spiro atoms. The van der Waals surface area contributed by atoms with Gasteiger partial charge >= 0.3 is 0 Å². The van der Waals surface area contributed by atoms with Gasteiger partial charge in [0.25, 0.3) is 0 Å². The first-order valence-electron chi connectivity index (χ1n) is 6.24. The second-order valence-corrected chi connectivity index (χ2v) is 6.07. The molecular weight excluding hydrogens is 220 g/mol. The second kappa shape index (κ2) is 5.41. The van der Waals surface area contributed by atoms with E-state index in [1.54, 1.807) is 11.8 Å². The zero-order valence-corrected chi connectivity index (χ0v) is 10.8. The highest BCUT2D eigenvalue weighted by Gasteiger charge is 2.39. The summed E-state index contributed by atoms with van der Waals surface area (Å²) >= 11 is 1.59. The first-order chi connectivity index (χ1) is 7.70. The summed E-state index contributed by atoms with van der Waals surface area (Å²) in [6, 6.07) is 0.775. The average molecular weight is 242 g/mol. The van der Waals surface area contributed by atoms with Gasteiger partial charge in [0.15, 0.2) is 0 Å². The molecule has 3 nitrogen and oxygen atoms in total. The van der Waals surface area contributed by atoms with Gasteiger partial charge in [-0.25, -0.2) is 0 Å². The highest BCUT2D eigenvalue weighted by atomic mass is 32.2. The molecule has 0 heterocycles. The number of nitrogens with one attached hydrogen (secondary N) is 1. The first kappa shape index (κ1) is 12.2. The SMILES string of the molecule is CSCC(=O)NC1C2CCCC1CC(N)C2. The molecule has 2 unspecified atom stereocenters. The van der Waals surface area contributed by atoms with E-state index in [9.17, 15) is 4.79 Å². The van der Waals surface area contributed by atoms with Crippen molar-refractivity contribution in [1.82, 2.24) is 5.32 Å². The predicted molar refractivity (Wildman–Crippen MR) is 68.4 cm³/mol. The van der Waals surface area contributed by atoms with E-state index in [4.69, 9.17) is 5.73 Å². The minimum absolute atomic E-state index is 0.199. The Morgan fingerprint density at radius 2 is 2.00 bits per heavy atom. The standard InChI is InChI=1S/C12H22N2OS/c1-16-7-11(15)14-12-8-3-2-4-9(12)6-10(13)5-8/h8-10,12H,2-7,13H2,1H3,(H,14,15). The molecule has 2 aliphatic rings. The molecule has 2 aliphatic carbocycles. The Kier molecular flexibility index (Phi) is 4.14. The van der Waals surface area contributed by atoms with Crippen LogP contribution >= 0.6 is 11.8 Å². The maximum atomic E-state index is 11.7. The fourth-order valence-electron chi connectivity index (χ4n) is 3.38. The maximum absolute atomic E-state index is 11.7. The van der Waals surface area contributed by atoms with Gasteiger partial charge in [-0.2, -0.15) is 11.8 Å². The van der Waals surface area contributed by atoms with E-state index >= 15 is 0 Å². The smallest absolute Gasteiger partial charge is 0.230 e. The van der Waals surface area contributed by atoms with Crippen molar-refractivity contribution in [2.75, 3.05) is 12.0 Å². The Morgan fingerprint density at radius 1 is 1.38 bits per heavy atom. The molecule has 16 heavy (non-hydrogen) atoms. The summed E-state index contributed by atoms with van der Waals surface area (Å²) in [4.78, 5) is 11.7. The molecule has 2 fully saturated rings. The zero-order chi connectivity index (χ0) is 11.5. The lowest BCUT2D eigenvalue weighted by Crippen LogP contribution is -2.54. The summed E-state index contributed by atoms with van der Waals surface area (Å²) in [6.07, 6.45) is 7.97. The summed E-state index contributed by atoms with van der Waals surface area (Å²) in [6.45, 7) is 0. The van der Waals surface area contributed by atoms with Crippen molar-refractivity contribution in [3.8, 4) is 0 Å². The van der Waals surface area contributed by atoms with Crippen LogP contribution in [0, 0.1) is 11.8 Å². The molecule has 3 N–H and O–H groups in total. The summed E-state index contributed by atoms with van der Waals surface area (Å²) < 4.78 is 0. The third-order valence-electron chi connectivity index (χ3n) is 3.98. The minimum atomic E-state index is 0.199. The van der Waals surface area contributed by atoms with Crippen molar-refractivity contribution in [3.05, 3.63) is 0 Å². The van der Waals surface area contributed by atoms with Crippen LogP contribution in [-0.2, 0) is 4.79 Å². The van der Waals surface area contributed by atoms with Crippen molar-refractivity contribution in [2.24, 2.45) is 17.6 Å². The van der Waals surface area contributed by atoms with E-state index in [1.165, 1.54) is 19.3 Å². The van der Waals surface area contributed by atoms with Gasteiger partial charge in [0.1, 0.15) is 0 Å². The molecule has 4 heteroatoms. The number of amides is 1. The summed E-state index contributed by atoms with van der Waals surface area (Å²) in [5, 5.41) is 3.23. The van der Waals surface area contributed by atoms with E-state index in [-0.39, 0.29) is 5.91 Å². The number of hydrogen-bond acceptors (Lipinski definition) is 3. The number of nitrogens with two attached hydrogens (primary N) is 1. The van der Waals surface area contributed by atoms with Crippen LogP contribution < -0.4 is 11.1 Å². The van der Waals surface area contributed by atoms with E-state index in [2.05, 4.69) is 5.32 Å². The molecule has 0 aromatic heterocycles. The van der Waals surface area contributed by atoms with Crippen LogP contribution in [-0.4, -0.2) is 30.0 Å². The third-order valence-corrected chi connectivity index (χ3v) is 4.53. The normalized spacial score (nSPS) is 38.1. The van der Waals surface area contributed by atoms with Crippen molar-refractivity contribution >= 4 is 17.7 Å². The molecule has 0 aromatic carbocycles. The molecule has 1 amide bonds. The zero-order valence-electron chi connectivity index (χ0n) is 9.95. The molecule has 0 radical (unpaired) electrons.